The maximum absolute atomic E-state index is 10.5. The molecule has 0 aromatic carbocycles. The lowest BCUT2D eigenvalue weighted by molar-refractivity contribution is -0.379. The average Bonchev–Trinajstić information content (AvgIpc) is 3.40. The van der Waals surface area contributed by atoms with E-state index in [1.165, 1.54) is 0 Å². The van der Waals surface area contributed by atoms with E-state index < -0.39 is 28.0 Å². The van der Waals surface area contributed by atoms with Gasteiger partial charge in [0.25, 0.3) is 0 Å². The molecule has 2 heterocycles. The summed E-state index contributed by atoms with van der Waals surface area (Å²) in [6.07, 6.45) is 1.64. The van der Waals surface area contributed by atoms with Crippen molar-refractivity contribution in [1.29, 1.82) is 0 Å². The molecular formula is C28H56O5Si2. The number of hydrogen-bond acceptors (Lipinski definition) is 5. The molecule has 8 atom stereocenters. The lowest BCUT2D eigenvalue weighted by Gasteiger charge is -2.57. The molecule has 0 aromatic rings. The molecule has 1 spiro atoms. The van der Waals surface area contributed by atoms with Crippen LogP contribution < -0.4 is 0 Å². The molecule has 0 unspecified atom stereocenters. The molecule has 3 aliphatic rings. The fourth-order valence-electron chi connectivity index (χ4n) is 5.67. The molecule has 0 amide bonds. The summed E-state index contributed by atoms with van der Waals surface area (Å²) in [5.74, 6) is 0.0835. The van der Waals surface area contributed by atoms with Crippen molar-refractivity contribution >= 4 is 16.6 Å². The molecule has 3 fully saturated rings. The van der Waals surface area contributed by atoms with Crippen molar-refractivity contribution in [3.05, 3.63) is 0 Å². The smallest absolute Gasteiger partial charge is 0.192 e. The minimum Gasteiger partial charge on any atom is -0.413 e. The number of aliphatic hydroxyl groups is 1. The highest BCUT2D eigenvalue weighted by molar-refractivity contribution is 6.74. The first-order valence-electron chi connectivity index (χ1n) is 14.0. The van der Waals surface area contributed by atoms with E-state index >= 15 is 0 Å². The first kappa shape index (κ1) is 29.8. The number of ether oxygens (including phenoxy) is 2. The van der Waals surface area contributed by atoms with E-state index in [0.29, 0.717) is 12.3 Å². The summed E-state index contributed by atoms with van der Waals surface area (Å²) in [4.78, 5) is 0. The topological polar surface area (TPSA) is 57.2 Å². The molecule has 206 valence electrons. The normalized spacial score (nSPS) is 40.8. The lowest BCUT2D eigenvalue weighted by Crippen LogP contribution is -2.66. The molecule has 5 nitrogen and oxygen atoms in total. The molecule has 1 N–H and O–H groups in total. The van der Waals surface area contributed by atoms with Crippen molar-refractivity contribution in [2.75, 3.05) is 6.61 Å². The van der Waals surface area contributed by atoms with Gasteiger partial charge in [-0.25, -0.2) is 0 Å². The van der Waals surface area contributed by atoms with Gasteiger partial charge >= 0.3 is 0 Å². The van der Waals surface area contributed by atoms with Crippen LogP contribution in [0.15, 0.2) is 0 Å². The molecule has 2 saturated heterocycles. The SMILES string of the molecule is CC(C)[C@H]1O[C@@]2(C[C@@H](O[Si](C)(C)C(C)(C)C)[C@@H]1C)O[C@@]1(CO)C[C@H]1[C@@H](O[Si](C)(C)C(C)(C)C)[C@@H]2C. The van der Waals surface area contributed by atoms with Crippen LogP contribution >= 0.6 is 0 Å². The van der Waals surface area contributed by atoms with E-state index in [1.54, 1.807) is 0 Å². The predicted octanol–water partition coefficient (Wildman–Crippen LogP) is 6.96. The zero-order valence-corrected chi connectivity index (χ0v) is 27.2. The van der Waals surface area contributed by atoms with Crippen LogP contribution in [-0.2, 0) is 18.3 Å². The Morgan fingerprint density at radius 3 is 1.89 bits per heavy atom. The monoisotopic (exact) mass is 528 g/mol. The highest BCUT2D eigenvalue weighted by Crippen LogP contribution is 2.63. The maximum atomic E-state index is 10.5. The van der Waals surface area contributed by atoms with Gasteiger partial charge in [0.2, 0.25) is 0 Å². The van der Waals surface area contributed by atoms with Crippen molar-refractivity contribution in [2.24, 2.45) is 23.7 Å². The molecular weight excluding hydrogens is 472 g/mol. The number of fused-ring (bicyclic) bond motifs is 1. The largest absolute Gasteiger partial charge is 0.413 e. The van der Waals surface area contributed by atoms with Crippen LogP contribution in [-0.4, -0.2) is 58.0 Å². The zero-order chi connectivity index (χ0) is 27.0. The molecule has 0 bridgehead atoms. The van der Waals surface area contributed by atoms with Crippen LogP contribution in [0.4, 0.5) is 0 Å². The fourth-order valence-corrected chi connectivity index (χ4v) is 8.48. The first-order chi connectivity index (χ1) is 15.6. The van der Waals surface area contributed by atoms with Gasteiger partial charge in [-0.2, -0.15) is 0 Å². The van der Waals surface area contributed by atoms with E-state index in [1.807, 2.05) is 0 Å². The summed E-state index contributed by atoms with van der Waals surface area (Å²) in [6.45, 7) is 32.2. The number of aliphatic hydroxyl groups excluding tert-OH is 1. The van der Waals surface area contributed by atoms with E-state index in [0.717, 1.165) is 6.42 Å². The Morgan fingerprint density at radius 2 is 1.43 bits per heavy atom. The molecule has 0 aromatic heterocycles. The number of hydrogen-bond donors (Lipinski definition) is 1. The molecule has 7 heteroatoms. The minimum absolute atomic E-state index is 0.0164. The molecule has 1 aliphatic carbocycles. The second-order valence-corrected chi connectivity index (χ2v) is 24.9. The van der Waals surface area contributed by atoms with Gasteiger partial charge < -0.3 is 23.4 Å². The van der Waals surface area contributed by atoms with E-state index in [2.05, 4.69) is 95.4 Å². The highest BCUT2D eigenvalue weighted by atomic mass is 28.4. The first-order valence-corrected chi connectivity index (χ1v) is 19.8. The Kier molecular flexibility index (Phi) is 7.80. The third-order valence-corrected chi connectivity index (χ3v) is 19.4. The van der Waals surface area contributed by atoms with Crippen molar-refractivity contribution < 1.29 is 23.4 Å². The van der Waals surface area contributed by atoms with Crippen LogP contribution in [0.1, 0.15) is 82.1 Å². The number of rotatable bonds is 6. The van der Waals surface area contributed by atoms with Gasteiger partial charge in [0.05, 0.1) is 24.9 Å². The van der Waals surface area contributed by atoms with Crippen molar-refractivity contribution in [3.63, 3.8) is 0 Å². The van der Waals surface area contributed by atoms with Gasteiger partial charge in [-0.05, 0) is 48.6 Å². The quantitative estimate of drug-likeness (QED) is 0.378. The summed E-state index contributed by atoms with van der Waals surface area (Å²) in [6, 6.07) is 0. The molecule has 1 saturated carbocycles. The van der Waals surface area contributed by atoms with Crippen LogP contribution in [0.3, 0.4) is 0 Å². The summed E-state index contributed by atoms with van der Waals surface area (Å²) >= 11 is 0. The molecule has 2 aliphatic heterocycles. The summed E-state index contributed by atoms with van der Waals surface area (Å²) in [5, 5.41) is 10.8. The lowest BCUT2D eigenvalue weighted by atomic mass is 9.77. The Hall–Kier alpha value is 0.234. The van der Waals surface area contributed by atoms with Crippen LogP contribution in [0.5, 0.6) is 0 Å². The Bertz CT molecular complexity index is 770. The van der Waals surface area contributed by atoms with Crippen molar-refractivity contribution in [1.82, 2.24) is 0 Å². The Balaban J connectivity index is 2.01. The molecule has 0 radical (unpaired) electrons. The van der Waals surface area contributed by atoms with E-state index in [9.17, 15) is 5.11 Å². The Morgan fingerprint density at radius 1 is 0.914 bits per heavy atom. The van der Waals surface area contributed by atoms with Crippen LogP contribution in [0.25, 0.3) is 0 Å². The minimum atomic E-state index is -2.02. The van der Waals surface area contributed by atoms with Gasteiger partial charge in [0.15, 0.2) is 22.4 Å². The zero-order valence-electron chi connectivity index (χ0n) is 25.2. The average molecular weight is 529 g/mol. The second kappa shape index (κ2) is 9.16. The Labute approximate surface area is 218 Å². The molecule has 3 rings (SSSR count). The van der Waals surface area contributed by atoms with E-state index in [-0.39, 0.29) is 52.7 Å². The van der Waals surface area contributed by atoms with Gasteiger partial charge in [0.1, 0.15) is 5.60 Å². The molecule has 35 heavy (non-hydrogen) atoms. The van der Waals surface area contributed by atoms with Gasteiger partial charge in [0, 0.05) is 24.2 Å². The van der Waals surface area contributed by atoms with Crippen LogP contribution in [0.2, 0.25) is 36.3 Å². The van der Waals surface area contributed by atoms with E-state index in [4.69, 9.17) is 18.3 Å². The third kappa shape index (κ3) is 5.26. The fraction of sp³-hybridized carbons (Fsp3) is 1.00. The highest BCUT2D eigenvalue weighted by Gasteiger charge is 2.72. The standard InChI is InChI=1S/C28H56O5Si2/c1-18(2)23-19(3)22(31-34(11,12)25(5,6)7)16-28(30-23)20(4)24(21-15-27(21,17-29)33-28)32-35(13,14)26(8,9)10/h18-24,29H,15-17H2,1-14H3/t19-,20-,21-,22+,23+,24-,27+,28-/m0/s1. The van der Waals surface area contributed by atoms with Gasteiger partial charge in [-0.15, -0.1) is 0 Å². The van der Waals surface area contributed by atoms with Gasteiger partial charge in [-0.1, -0.05) is 69.2 Å². The van der Waals surface area contributed by atoms with Gasteiger partial charge in [-0.3, -0.25) is 0 Å². The summed E-state index contributed by atoms with van der Waals surface area (Å²) in [5.41, 5.74) is -0.552. The second-order valence-electron chi connectivity index (χ2n) is 15.4. The van der Waals surface area contributed by atoms with Crippen LogP contribution in [0, 0.1) is 23.7 Å². The van der Waals surface area contributed by atoms with Crippen molar-refractivity contribution in [3.8, 4) is 0 Å². The summed E-state index contributed by atoms with van der Waals surface area (Å²) < 4.78 is 28.2. The summed E-state index contributed by atoms with van der Waals surface area (Å²) in [7, 11) is -4.02. The van der Waals surface area contributed by atoms with Crippen molar-refractivity contribution in [2.45, 2.75) is 148 Å². The third-order valence-electron chi connectivity index (χ3n) is 10.4. The predicted molar refractivity (Wildman–Crippen MR) is 149 cm³/mol. The maximum Gasteiger partial charge on any atom is 0.192 e.